The highest BCUT2D eigenvalue weighted by molar-refractivity contribution is 5.73. The van der Waals surface area contributed by atoms with Crippen molar-refractivity contribution in [2.45, 2.75) is 18.9 Å². The summed E-state index contributed by atoms with van der Waals surface area (Å²) in [6.45, 7) is 0. The van der Waals surface area contributed by atoms with E-state index in [0.717, 1.165) is 0 Å². The molecule has 0 aromatic carbocycles. The van der Waals surface area contributed by atoms with E-state index in [1.807, 2.05) is 0 Å². The molecule has 11 heavy (non-hydrogen) atoms. The molecule has 0 bridgehead atoms. The zero-order valence-corrected chi connectivity index (χ0v) is 6.24. The van der Waals surface area contributed by atoms with Crippen LogP contribution < -0.4 is 0 Å². The minimum absolute atomic E-state index is 0.00315. The number of hydrogen-bond acceptors (Lipinski definition) is 4. The van der Waals surface area contributed by atoms with Crippen molar-refractivity contribution in [1.29, 1.82) is 0 Å². The first-order valence-corrected chi connectivity index (χ1v) is 3.42. The molecule has 4 heteroatoms. The van der Waals surface area contributed by atoms with Gasteiger partial charge >= 0.3 is 5.97 Å². The van der Waals surface area contributed by atoms with Crippen LogP contribution in [-0.2, 0) is 14.3 Å². The molecule has 1 saturated carbocycles. The fourth-order valence-corrected chi connectivity index (χ4v) is 1.13. The summed E-state index contributed by atoms with van der Waals surface area (Å²) in [5.74, 6) is -0.260. The Bertz CT molecular complexity index is 202. The SMILES string of the molecule is COC(=O)C1CC(N=C=O)C1. The molecular weight excluding hydrogens is 146 g/mol. The maximum absolute atomic E-state index is 10.8. The Hall–Kier alpha value is -1.15. The molecule has 1 rings (SSSR count). The molecule has 1 aliphatic carbocycles. The molecule has 0 aliphatic heterocycles. The third-order valence-electron chi connectivity index (χ3n) is 1.88. The molecule has 0 unspecified atom stereocenters. The van der Waals surface area contributed by atoms with E-state index in [1.54, 1.807) is 0 Å². The van der Waals surface area contributed by atoms with Crippen LogP contribution >= 0.6 is 0 Å². The Morgan fingerprint density at radius 1 is 1.64 bits per heavy atom. The quantitative estimate of drug-likeness (QED) is 0.327. The maximum atomic E-state index is 10.8. The number of hydrogen-bond donors (Lipinski definition) is 0. The molecule has 0 aromatic rings. The van der Waals surface area contributed by atoms with E-state index in [1.165, 1.54) is 13.2 Å². The third-order valence-corrected chi connectivity index (χ3v) is 1.88. The highest BCUT2D eigenvalue weighted by atomic mass is 16.5. The lowest BCUT2D eigenvalue weighted by Crippen LogP contribution is -2.33. The molecule has 0 N–H and O–H groups in total. The zero-order chi connectivity index (χ0) is 8.27. The van der Waals surface area contributed by atoms with Crippen molar-refractivity contribution in [3.63, 3.8) is 0 Å². The topological polar surface area (TPSA) is 55.7 Å². The van der Waals surface area contributed by atoms with Crippen LogP contribution in [0, 0.1) is 5.92 Å². The monoisotopic (exact) mass is 155 g/mol. The van der Waals surface area contributed by atoms with Gasteiger partial charge in [0.1, 0.15) is 0 Å². The maximum Gasteiger partial charge on any atom is 0.308 e. The van der Waals surface area contributed by atoms with E-state index in [2.05, 4.69) is 9.73 Å². The number of methoxy groups -OCH3 is 1. The van der Waals surface area contributed by atoms with E-state index in [9.17, 15) is 9.59 Å². The molecule has 0 atom stereocenters. The summed E-state index contributed by atoms with van der Waals surface area (Å²) in [6, 6.07) is -0.00315. The number of carbonyl (C=O) groups is 1. The average molecular weight is 155 g/mol. The minimum atomic E-state index is -0.206. The van der Waals surface area contributed by atoms with Crippen LogP contribution in [-0.4, -0.2) is 25.2 Å². The summed E-state index contributed by atoms with van der Waals surface area (Å²) in [5, 5.41) is 0. The summed E-state index contributed by atoms with van der Waals surface area (Å²) < 4.78 is 4.50. The van der Waals surface area contributed by atoms with Crippen LogP contribution in [0.25, 0.3) is 0 Å². The van der Waals surface area contributed by atoms with E-state index in [4.69, 9.17) is 0 Å². The molecule has 1 aliphatic rings. The summed E-state index contributed by atoms with van der Waals surface area (Å²) >= 11 is 0. The van der Waals surface area contributed by atoms with Gasteiger partial charge in [0.2, 0.25) is 6.08 Å². The van der Waals surface area contributed by atoms with Crippen molar-refractivity contribution in [2.75, 3.05) is 7.11 Å². The average Bonchev–Trinajstić information content (AvgIpc) is 1.94. The molecule has 4 nitrogen and oxygen atoms in total. The number of rotatable bonds is 2. The van der Waals surface area contributed by atoms with Crippen LogP contribution in [0.15, 0.2) is 4.99 Å². The van der Waals surface area contributed by atoms with Crippen molar-refractivity contribution in [2.24, 2.45) is 10.9 Å². The Morgan fingerprint density at radius 2 is 2.27 bits per heavy atom. The van der Waals surface area contributed by atoms with Gasteiger partial charge in [-0.25, -0.2) is 9.79 Å². The van der Waals surface area contributed by atoms with Crippen LogP contribution in [0.5, 0.6) is 0 Å². The highest BCUT2D eigenvalue weighted by Gasteiger charge is 2.35. The molecule has 60 valence electrons. The van der Waals surface area contributed by atoms with Crippen molar-refractivity contribution in [3.05, 3.63) is 0 Å². The van der Waals surface area contributed by atoms with Crippen molar-refractivity contribution >= 4 is 12.0 Å². The second-order valence-corrected chi connectivity index (χ2v) is 2.57. The lowest BCUT2D eigenvalue weighted by Gasteiger charge is -2.28. The van der Waals surface area contributed by atoms with E-state index < -0.39 is 0 Å². The zero-order valence-electron chi connectivity index (χ0n) is 6.24. The Kier molecular flexibility index (Phi) is 2.39. The van der Waals surface area contributed by atoms with Crippen molar-refractivity contribution in [1.82, 2.24) is 0 Å². The molecule has 0 radical (unpaired) electrons. The predicted molar refractivity (Wildman–Crippen MR) is 36.6 cm³/mol. The van der Waals surface area contributed by atoms with Crippen molar-refractivity contribution in [3.8, 4) is 0 Å². The standard InChI is InChI=1S/C7H9NO3/c1-11-7(10)5-2-6(3-5)8-4-9/h5-6H,2-3H2,1H3. The lowest BCUT2D eigenvalue weighted by molar-refractivity contribution is -0.148. The minimum Gasteiger partial charge on any atom is -0.469 e. The number of isocyanates is 1. The third kappa shape index (κ3) is 1.65. The Balaban J connectivity index is 2.29. The van der Waals surface area contributed by atoms with Gasteiger partial charge in [0, 0.05) is 0 Å². The molecular formula is C7H9NO3. The van der Waals surface area contributed by atoms with Gasteiger partial charge in [-0.3, -0.25) is 4.79 Å². The lowest BCUT2D eigenvalue weighted by atomic mass is 9.81. The fourth-order valence-electron chi connectivity index (χ4n) is 1.13. The second-order valence-electron chi connectivity index (χ2n) is 2.57. The summed E-state index contributed by atoms with van der Waals surface area (Å²) in [7, 11) is 1.36. The molecule has 1 fully saturated rings. The van der Waals surface area contributed by atoms with E-state index in [0.29, 0.717) is 12.8 Å². The fraction of sp³-hybridized carbons (Fsp3) is 0.714. The second kappa shape index (κ2) is 3.30. The van der Waals surface area contributed by atoms with Gasteiger partial charge in [0.25, 0.3) is 0 Å². The van der Waals surface area contributed by atoms with Gasteiger partial charge in [-0.1, -0.05) is 0 Å². The smallest absolute Gasteiger partial charge is 0.308 e. The van der Waals surface area contributed by atoms with Crippen molar-refractivity contribution < 1.29 is 14.3 Å². The van der Waals surface area contributed by atoms with Crippen LogP contribution in [0.1, 0.15) is 12.8 Å². The van der Waals surface area contributed by atoms with E-state index in [-0.39, 0.29) is 17.9 Å². The molecule has 0 saturated heterocycles. The molecule has 0 amide bonds. The molecule has 0 spiro atoms. The largest absolute Gasteiger partial charge is 0.469 e. The summed E-state index contributed by atoms with van der Waals surface area (Å²) in [6.07, 6.45) is 2.72. The first-order valence-electron chi connectivity index (χ1n) is 3.42. The summed E-state index contributed by atoms with van der Waals surface area (Å²) in [5.41, 5.74) is 0. The number of ether oxygens (including phenoxy) is 1. The van der Waals surface area contributed by atoms with Crippen LogP contribution in [0.3, 0.4) is 0 Å². The highest BCUT2D eigenvalue weighted by Crippen LogP contribution is 2.30. The van der Waals surface area contributed by atoms with Gasteiger partial charge in [-0.15, -0.1) is 0 Å². The van der Waals surface area contributed by atoms with Crippen LogP contribution in [0.4, 0.5) is 0 Å². The van der Waals surface area contributed by atoms with Crippen LogP contribution in [0.2, 0.25) is 0 Å². The normalized spacial score (nSPS) is 28.1. The Morgan fingerprint density at radius 3 is 2.73 bits per heavy atom. The number of esters is 1. The number of carbonyl (C=O) groups excluding carboxylic acids is 2. The first-order chi connectivity index (χ1) is 5.27. The molecule has 0 aromatic heterocycles. The Labute approximate surface area is 64.3 Å². The number of nitrogens with zero attached hydrogens (tertiary/aromatic N) is 1. The predicted octanol–water partition coefficient (Wildman–Crippen LogP) is 0.274. The summed E-state index contributed by atoms with van der Waals surface area (Å²) in [4.78, 5) is 24.0. The van der Waals surface area contributed by atoms with Gasteiger partial charge in [0.15, 0.2) is 0 Å². The van der Waals surface area contributed by atoms with Gasteiger partial charge < -0.3 is 4.74 Å². The molecule has 0 heterocycles. The van der Waals surface area contributed by atoms with Gasteiger partial charge in [-0.2, -0.15) is 0 Å². The van der Waals surface area contributed by atoms with Gasteiger partial charge in [-0.05, 0) is 12.8 Å². The number of aliphatic imine (C=N–C) groups is 1. The first kappa shape index (κ1) is 7.95. The van der Waals surface area contributed by atoms with Gasteiger partial charge in [0.05, 0.1) is 19.1 Å². The van der Waals surface area contributed by atoms with E-state index >= 15 is 0 Å².